The number of ether oxygens (including phenoxy) is 1. The molecule has 3 rings (SSSR count). The maximum Gasteiger partial charge on any atom is 0.317 e. The van der Waals surface area contributed by atoms with Crippen LogP contribution >= 0.6 is 0 Å². The number of piperazine rings is 1. The van der Waals surface area contributed by atoms with Crippen LogP contribution in [0.1, 0.15) is 38.8 Å². The average molecular weight is 336 g/mol. The fraction of sp³-hybridized carbons (Fsp3) is 0.812. The van der Waals surface area contributed by atoms with E-state index in [4.69, 9.17) is 4.74 Å². The van der Waals surface area contributed by atoms with E-state index in [1.54, 1.807) is 0 Å². The lowest BCUT2D eigenvalue weighted by molar-refractivity contribution is 0.0613. The monoisotopic (exact) mass is 336 g/mol. The van der Waals surface area contributed by atoms with Gasteiger partial charge in [0.2, 0.25) is 0 Å². The van der Waals surface area contributed by atoms with E-state index in [2.05, 4.69) is 41.2 Å². The Morgan fingerprint density at radius 2 is 1.96 bits per heavy atom. The number of amides is 2. The Kier molecular flexibility index (Phi) is 5.05. The molecule has 1 N–H and O–H groups in total. The van der Waals surface area contributed by atoms with E-state index < -0.39 is 0 Å². The molecule has 24 heavy (non-hydrogen) atoms. The molecule has 8 heteroatoms. The summed E-state index contributed by atoms with van der Waals surface area (Å²) < 4.78 is 7.39. The van der Waals surface area contributed by atoms with E-state index in [0.29, 0.717) is 19.8 Å². The maximum absolute atomic E-state index is 12.4. The van der Waals surface area contributed by atoms with Gasteiger partial charge < -0.3 is 19.5 Å². The van der Waals surface area contributed by atoms with E-state index in [0.717, 1.165) is 50.8 Å². The number of carbonyl (C=O) groups excluding carboxylic acids is 1. The third-order valence-electron chi connectivity index (χ3n) is 5.28. The number of nitrogens with zero attached hydrogens (tertiary/aromatic N) is 5. The van der Waals surface area contributed by atoms with Gasteiger partial charge in [-0.1, -0.05) is 6.92 Å². The molecule has 2 aliphatic heterocycles. The zero-order valence-electron chi connectivity index (χ0n) is 14.9. The molecule has 0 saturated carbocycles. The first-order valence-electron chi connectivity index (χ1n) is 8.78. The highest BCUT2D eigenvalue weighted by Crippen LogP contribution is 2.20. The fourth-order valence-electron chi connectivity index (χ4n) is 3.19. The van der Waals surface area contributed by atoms with Gasteiger partial charge in [-0.05, 0) is 20.3 Å². The van der Waals surface area contributed by atoms with E-state index in [9.17, 15) is 4.79 Å². The van der Waals surface area contributed by atoms with E-state index in [1.165, 1.54) is 0 Å². The van der Waals surface area contributed by atoms with Crippen molar-refractivity contribution in [3.05, 3.63) is 11.6 Å². The van der Waals surface area contributed by atoms with Crippen LogP contribution in [0.5, 0.6) is 0 Å². The Bertz CT molecular complexity index is 577. The zero-order chi connectivity index (χ0) is 17.2. The minimum atomic E-state index is -0.0200. The molecule has 8 nitrogen and oxygen atoms in total. The summed E-state index contributed by atoms with van der Waals surface area (Å²) in [5, 5.41) is 11.2. The predicted octanol–water partition coefficient (Wildman–Crippen LogP) is 0.824. The summed E-state index contributed by atoms with van der Waals surface area (Å²) in [6, 6.07) is -0.0200. The highest BCUT2D eigenvalue weighted by Gasteiger charge is 2.29. The molecule has 2 aliphatic rings. The van der Waals surface area contributed by atoms with Crippen molar-refractivity contribution in [3.63, 3.8) is 0 Å². The number of carbonyl (C=O) groups is 1. The highest BCUT2D eigenvalue weighted by atomic mass is 16.5. The molecule has 0 radical (unpaired) electrons. The van der Waals surface area contributed by atoms with Gasteiger partial charge in [0, 0.05) is 38.3 Å². The molecule has 0 aromatic carbocycles. The Balaban J connectivity index is 1.49. The molecule has 0 unspecified atom stereocenters. The van der Waals surface area contributed by atoms with Crippen molar-refractivity contribution in [2.45, 2.75) is 52.4 Å². The van der Waals surface area contributed by atoms with Gasteiger partial charge in [0.25, 0.3) is 0 Å². The normalized spacial score (nSPS) is 19.2. The van der Waals surface area contributed by atoms with Crippen LogP contribution in [-0.2, 0) is 24.4 Å². The number of urea groups is 1. The Morgan fingerprint density at radius 1 is 1.21 bits per heavy atom. The second-order valence-corrected chi connectivity index (χ2v) is 7.04. The van der Waals surface area contributed by atoms with Crippen LogP contribution in [0.15, 0.2) is 0 Å². The highest BCUT2D eigenvalue weighted by molar-refractivity contribution is 5.74. The zero-order valence-corrected chi connectivity index (χ0v) is 14.9. The molecule has 0 bridgehead atoms. The van der Waals surface area contributed by atoms with Crippen molar-refractivity contribution in [1.29, 1.82) is 0 Å². The summed E-state index contributed by atoms with van der Waals surface area (Å²) in [6.45, 7) is 12.4. The molecular weight excluding hydrogens is 308 g/mol. The number of fused-ring (bicyclic) bond motifs is 1. The Morgan fingerprint density at radius 3 is 2.67 bits per heavy atom. The lowest BCUT2D eigenvalue weighted by Gasteiger charge is -2.43. The van der Waals surface area contributed by atoms with Crippen LogP contribution in [0.25, 0.3) is 0 Å². The summed E-state index contributed by atoms with van der Waals surface area (Å²) in [4.78, 5) is 16.8. The van der Waals surface area contributed by atoms with Crippen molar-refractivity contribution in [2.75, 3.05) is 32.8 Å². The van der Waals surface area contributed by atoms with E-state index in [-0.39, 0.29) is 11.6 Å². The lowest BCUT2D eigenvalue weighted by atomic mass is 9.98. The van der Waals surface area contributed by atoms with Gasteiger partial charge in [0.05, 0.1) is 13.2 Å². The number of hydrogen-bond acceptors (Lipinski definition) is 5. The molecule has 0 spiro atoms. The van der Waals surface area contributed by atoms with Crippen LogP contribution in [0, 0.1) is 0 Å². The molecule has 134 valence electrons. The first-order valence-corrected chi connectivity index (χ1v) is 8.78. The SMILES string of the molecule is CCC(C)(C)N1CCN(C(=O)NCc2nnc3n2CCOC3)CC1. The quantitative estimate of drug-likeness (QED) is 0.881. The summed E-state index contributed by atoms with van der Waals surface area (Å²) in [6.07, 6.45) is 1.11. The smallest absolute Gasteiger partial charge is 0.317 e. The van der Waals surface area contributed by atoms with Crippen LogP contribution in [0.2, 0.25) is 0 Å². The number of aromatic nitrogens is 3. The van der Waals surface area contributed by atoms with Crippen LogP contribution in [-0.4, -0.2) is 68.9 Å². The largest absolute Gasteiger partial charge is 0.372 e. The fourth-order valence-corrected chi connectivity index (χ4v) is 3.19. The molecule has 1 aromatic rings. The van der Waals surface area contributed by atoms with Crippen LogP contribution in [0.4, 0.5) is 4.79 Å². The molecule has 1 fully saturated rings. The van der Waals surface area contributed by atoms with E-state index >= 15 is 0 Å². The summed E-state index contributed by atoms with van der Waals surface area (Å²) in [5.74, 6) is 1.63. The third kappa shape index (κ3) is 3.54. The van der Waals surface area contributed by atoms with Gasteiger partial charge in [-0.3, -0.25) is 4.90 Å². The second-order valence-electron chi connectivity index (χ2n) is 7.04. The Hall–Kier alpha value is -1.67. The van der Waals surface area contributed by atoms with Gasteiger partial charge in [-0.15, -0.1) is 10.2 Å². The minimum Gasteiger partial charge on any atom is -0.372 e. The summed E-state index contributed by atoms with van der Waals surface area (Å²) in [5.41, 5.74) is 0.200. The standard InChI is InChI=1S/C16H28N6O2/c1-4-16(2,3)21-7-5-20(6-8-21)15(23)17-11-13-18-19-14-12-24-10-9-22(13)14/h4-12H2,1-3H3,(H,17,23). The number of hydrogen-bond donors (Lipinski definition) is 1. The Labute approximate surface area is 143 Å². The minimum absolute atomic E-state index is 0.0200. The van der Waals surface area contributed by atoms with Gasteiger partial charge in [0.15, 0.2) is 11.6 Å². The molecule has 0 aliphatic carbocycles. The lowest BCUT2D eigenvalue weighted by Crippen LogP contribution is -2.57. The number of nitrogens with one attached hydrogen (secondary N) is 1. The van der Waals surface area contributed by atoms with Gasteiger partial charge >= 0.3 is 6.03 Å². The maximum atomic E-state index is 12.4. The van der Waals surface area contributed by atoms with Gasteiger partial charge in [-0.2, -0.15) is 0 Å². The van der Waals surface area contributed by atoms with Crippen molar-refractivity contribution in [3.8, 4) is 0 Å². The topological polar surface area (TPSA) is 75.5 Å². The van der Waals surface area contributed by atoms with Crippen LogP contribution in [0.3, 0.4) is 0 Å². The average Bonchev–Trinajstić information content (AvgIpc) is 3.03. The van der Waals surface area contributed by atoms with E-state index in [1.807, 2.05) is 9.47 Å². The molecule has 3 heterocycles. The van der Waals surface area contributed by atoms with Crippen molar-refractivity contribution < 1.29 is 9.53 Å². The molecular formula is C16H28N6O2. The van der Waals surface area contributed by atoms with Crippen molar-refractivity contribution >= 4 is 6.03 Å². The predicted molar refractivity (Wildman–Crippen MR) is 89.4 cm³/mol. The van der Waals surface area contributed by atoms with Gasteiger partial charge in [-0.25, -0.2) is 4.79 Å². The van der Waals surface area contributed by atoms with Crippen molar-refractivity contribution in [2.24, 2.45) is 0 Å². The summed E-state index contributed by atoms with van der Waals surface area (Å²) in [7, 11) is 0. The first-order chi connectivity index (χ1) is 11.5. The molecule has 1 aromatic heterocycles. The van der Waals surface area contributed by atoms with Crippen LogP contribution < -0.4 is 5.32 Å². The first kappa shape index (κ1) is 17.2. The van der Waals surface area contributed by atoms with Gasteiger partial charge in [0.1, 0.15) is 6.61 Å². The second kappa shape index (κ2) is 7.06. The van der Waals surface area contributed by atoms with Crippen molar-refractivity contribution in [1.82, 2.24) is 29.9 Å². The molecule has 2 amide bonds. The third-order valence-corrected chi connectivity index (χ3v) is 5.28. The summed E-state index contributed by atoms with van der Waals surface area (Å²) >= 11 is 0. The molecule has 0 atom stereocenters. The molecule has 1 saturated heterocycles. The number of rotatable bonds is 4.